The van der Waals surface area contributed by atoms with Crippen LogP contribution in [0.15, 0.2) is 42.6 Å². The molecule has 1 aliphatic rings. The highest BCUT2D eigenvalue weighted by molar-refractivity contribution is 5.94. The van der Waals surface area contributed by atoms with Crippen molar-refractivity contribution < 1.29 is 14.3 Å². The second kappa shape index (κ2) is 7.53. The number of halogens is 1. The summed E-state index contributed by atoms with van der Waals surface area (Å²) >= 11 is 0. The maximum Gasteiger partial charge on any atom is 0.253 e. The number of carbonyl (C=O) groups is 1. The van der Waals surface area contributed by atoms with E-state index in [0.717, 1.165) is 25.7 Å². The Morgan fingerprint density at radius 3 is 2.88 bits per heavy atom. The predicted molar refractivity (Wildman–Crippen MR) is 89.9 cm³/mol. The normalized spacial score (nSPS) is 20.6. The number of nitrogens with zero attached hydrogens (tertiary/aromatic N) is 1. The molecule has 3 rings (SSSR count). The second-order valence-corrected chi connectivity index (χ2v) is 6.33. The molecule has 2 N–H and O–H groups in total. The van der Waals surface area contributed by atoms with Gasteiger partial charge in [0.25, 0.3) is 5.91 Å². The molecule has 1 aromatic carbocycles. The van der Waals surface area contributed by atoms with E-state index in [9.17, 15) is 14.3 Å². The van der Waals surface area contributed by atoms with Crippen LogP contribution in [0.5, 0.6) is 0 Å². The molecule has 0 radical (unpaired) electrons. The summed E-state index contributed by atoms with van der Waals surface area (Å²) in [5, 5.41) is 12.3. The molecular weight excluding hydrogens is 307 g/mol. The number of benzene rings is 1. The molecule has 5 heteroatoms. The van der Waals surface area contributed by atoms with Gasteiger partial charge in [0.05, 0.1) is 11.3 Å². The fourth-order valence-electron chi connectivity index (χ4n) is 3.20. The molecule has 126 valence electrons. The maximum atomic E-state index is 13.3. The van der Waals surface area contributed by atoms with Crippen LogP contribution in [-0.2, 0) is 0 Å². The molecule has 1 amide bonds. The average molecular weight is 328 g/mol. The van der Waals surface area contributed by atoms with Crippen molar-refractivity contribution in [3.63, 3.8) is 0 Å². The number of pyridine rings is 1. The number of amides is 1. The molecule has 1 saturated carbocycles. The summed E-state index contributed by atoms with van der Waals surface area (Å²) in [4.78, 5) is 16.6. The molecule has 1 fully saturated rings. The highest BCUT2D eigenvalue weighted by Crippen LogP contribution is 2.24. The largest absolute Gasteiger partial charge is 0.396 e. The van der Waals surface area contributed by atoms with E-state index < -0.39 is 0 Å². The molecule has 4 nitrogen and oxygen atoms in total. The zero-order valence-corrected chi connectivity index (χ0v) is 13.4. The first-order valence-electron chi connectivity index (χ1n) is 8.29. The molecule has 1 aromatic heterocycles. The van der Waals surface area contributed by atoms with Crippen LogP contribution in [0.4, 0.5) is 4.39 Å². The van der Waals surface area contributed by atoms with Crippen LogP contribution in [0.1, 0.15) is 36.0 Å². The van der Waals surface area contributed by atoms with Gasteiger partial charge < -0.3 is 10.4 Å². The third-order valence-electron chi connectivity index (χ3n) is 4.52. The van der Waals surface area contributed by atoms with Crippen molar-refractivity contribution in [2.45, 2.75) is 31.7 Å². The first-order valence-corrected chi connectivity index (χ1v) is 8.29. The zero-order chi connectivity index (χ0) is 16.9. The van der Waals surface area contributed by atoms with Crippen molar-refractivity contribution in [3.8, 4) is 11.3 Å². The van der Waals surface area contributed by atoms with Crippen LogP contribution in [0, 0.1) is 11.7 Å². The SMILES string of the molecule is O=C(N[C@H]1CCC[C@H](CO)C1)c1ccc(-c2cccc(F)c2)nc1. The third kappa shape index (κ3) is 3.97. The molecule has 0 aliphatic heterocycles. The van der Waals surface area contributed by atoms with Crippen molar-refractivity contribution in [2.75, 3.05) is 6.61 Å². The first kappa shape index (κ1) is 16.6. The lowest BCUT2D eigenvalue weighted by atomic mass is 9.86. The van der Waals surface area contributed by atoms with Gasteiger partial charge in [-0.1, -0.05) is 18.6 Å². The van der Waals surface area contributed by atoms with Gasteiger partial charge in [-0.2, -0.15) is 0 Å². The molecule has 1 heterocycles. The van der Waals surface area contributed by atoms with Crippen LogP contribution >= 0.6 is 0 Å². The van der Waals surface area contributed by atoms with Gasteiger partial charge >= 0.3 is 0 Å². The Morgan fingerprint density at radius 1 is 1.29 bits per heavy atom. The summed E-state index contributed by atoms with van der Waals surface area (Å²) in [6.45, 7) is 0.177. The van der Waals surface area contributed by atoms with Crippen molar-refractivity contribution in [2.24, 2.45) is 5.92 Å². The van der Waals surface area contributed by atoms with Crippen molar-refractivity contribution in [3.05, 3.63) is 54.0 Å². The molecule has 0 spiro atoms. The van der Waals surface area contributed by atoms with Gasteiger partial charge in [0.15, 0.2) is 0 Å². The van der Waals surface area contributed by atoms with E-state index in [1.807, 2.05) is 0 Å². The maximum absolute atomic E-state index is 13.3. The third-order valence-corrected chi connectivity index (χ3v) is 4.52. The molecule has 1 aliphatic carbocycles. The number of nitrogens with one attached hydrogen (secondary N) is 1. The lowest BCUT2D eigenvalue weighted by molar-refractivity contribution is 0.0905. The minimum Gasteiger partial charge on any atom is -0.396 e. The number of carbonyl (C=O) groups excluding carboxylic acids is 1. The Hall–Kier alpha value is -2.27. The minimum atomic E-state index is -0.313. The summed E-state index contributed by atoms with van der Waals surface area (Å²) in [6.07, 6.45) is 5.32. The van der Waals surface area contributed by atoms with Gasteiger partial charge in [-0.25, -0.2) is 4.39 Å². The van der Waals surface area contributed by atoms with E-state index in [2.05, 4.69) is 10.3 Å². The van der Waals surface area contributed by atoms with Crippen LogP contribution < -0.4 is 5.32 Å². The average Bonchev–Trinajstić information content (AvgIpc) is 2.62. The Kier molecular flexibility index (Phi) is 5.20. The number of aliphatic hydroxyl groups is 1. The van der Waals surface area contributed by atoms with Crippen LogP contribution in [-0.4, -0.2) is 28.6 Å². The van der Waals surface area contributed by atoms with Gasteiger partial charge in [-0.15, -0.1) is 0 Å². The summed E-state index contributed by atoms with van der Waals surface area (Å²) in [6, 6.07) is 9.74. The predicted octanol–water partition coefficient (Wildman–Crippen LogP) is 3.17. The van der Waals surface area contributed by atoms with Crippen molar-refractivity contribution in [1.82, 2.24) is 10.3 Å². The number of rotatable bonds is 4. The lowest BCUT2D eigenvalue weighted by Crippen LogP contribution is -2.39. The molecule has 0 unspecified atom stereocenters. The van der Waals surface area contributed by atoms with Gasteiger partial charge in [-0.3, -0.25) is 9.78 Å². The van der Waals surface area contributed by atoms with Crippen LogP contribution in [0.25, 0.3) is 11.3 Å². The van der Waals surface area contributed by atoms with E-state index in [-0.39, 0.29) is 30.3 Å². The van der Waals surface area contributed by atoms with Crippen molar-refractivity contribution >= 4 is 5.91 Å². The number of aliphatic hydroxyl groups excluding tert-OH is 1. The van der Waals surface area contributed by atoms with E-state index >= 15 is 0 Å². The lowest BCUT2D eigenvalue weighted by Gasteiger charge is -2.28. The molecule has 0 bridgehead atoms. The van der Waals surface area contributed by atoms with Crippen LogP contribution in [0.3, 0.4) is 0 Å². The highest BCUT2D eigenvalue weighted by atomic mass is 19.1. The second-order valence-electron chi connectivity index (χ2n) is 6.33. The number of hydrogen-bond donors (Lipinski definition) is 2. The Labute approximate surface area is 140 Å². The summed E-state index contributed by atoms with van der Waals surface area (Å²) < 4.78 is 13.3. The Bertz CT molecular complexity index is 703. The molecule has 2 atom stereocenters. The summed E-state index contributed by atoms with van der Waals surface area (Å²) in [5.41, 5.74) is 1.80. The van der Waals surface area contributed by atoms with E-state index in [4.69, 9.17) is 0 Å². The summed E-state index contributed by atoms with van der Waals surface area (Å²) in [5.74, 6) is -0.193. The Balaban J connectivity index is 1.65. The topological polar surface area (TPSA) is 62.2 Å². The van der Waals surface area contributed by atoms with E-state index in [1.165, 1.54) is 18.3 Å². The number of aromatic nitrogens is 1. The molecule has 24 heavy (non-hydrogen) atoms. The highest BCUT2D eigenvalue weighted by Gasteiger charge is 2.23. The van der Waals surface area contributed by atoms with Gasteiger partial charge in [0.2, 0.25) is 0 Å². The Morgan fingerprint density at radius 2 is 2.17 bits per heavy atom. The van der Waals surface area contributed by atoms with Gasteiger partial charge in [0.1, 0.15) is 5.82 Å². The zero-order valence-electron chi connectivity index (χ0n) is 13.4. The smallest absolute Gasteiger partial charge is 0.253 e. The summed E-state index contributed by atoms with van der Waals surface area (Å²) in [7, 11) is 0. The monoisotopic (exact) mass is 328 g/mol. The molecule has 0 saturated heterocycles. The standard InChI is InChI=1S/C19H21FN2O2/c20-16-5-2-4-14(10-16)18-8-7-15(11-21-18)19(24)22-17-6-1-3-13(9-17)12-23/h2,4-5,7-8,10-11,13,17,23H,1,3,6,9,12H2,(H,22,24)/t13-,17-/m0/s1. The number of hydrogen-bond acceptors (Lipinski definition) is 3. The fraction of sp³-hybridized carbons (Fsp3) is 0.368. The fourth-order valence-corrected chi connectivity index (χ4v) is 3.20. The quantitative estimate of drug-likeness (QED) is 0.906. The molecule has 2 aromatic rings. The van der Waals surface area contributed by atoms with E-state index in [0.29, 0.717) is 16.8 Å². The molecular formula is C19H21FN2O2. The van der Waals surface area contributed by atoms with Crippen molar-refractivity contribution in [1.29, 1.82) is 0 Å². The van der Waals surface area contributed by atoms with Gasteiger partial charge in [0, 0.05) is 24.4 Å². The van der Waals surface area contributed by atoms with Gasteiger partial charge in [-0.05, 0) is 49.4 Å². The minimum absolute atomic E-state index is 0.103. The van der Waals surface area contributed by atoms with E-state index in [1.54, 1.807) is 24.3 Å². The first-order chi connectivity index (χ1) is 11.7. The van der Waals surface area contributed by atoms with Crippen LogP contribution in [0.2, 0.25) is 0 Å².